The fourth-order valence-electron chi connectivity index (χ4n) is 1.95. The molecule has 21 heavy (non-hydrogen) atoms. The van der Waals surface area contributed by atoms with Gasteiger partial charge in [0.15, 0.2) is 5.78 Å². The summed E-state index contributed by atoms with van der Waals surface area (Å²) in [6.45, 7) is 6.19. The summed E-state index contributed by atoms with van der Waals surface area (Å²) < 4.78 is 10.3. The number of methoxy groups -OCH3 is 1. The van der Waals surface area contributed by atoms with E-state index in [9.17, 15) is 9.59 Å². The Labute approximate surface area is 125 Å². The van der Waals surface area contributed by atoms with Crippen LogP contribution >= 0.6 is 0 Å². The maximum atomic E-state index is 11.5. The van der Waals surface area contributed by atoms with Crippen molar-refractivity contribution in [3.05, 3.63) is 29.8 Å². The van der Waals surface area contributed by atoms with E-state index in [4.69, 9.17) is 4.74 Å². The molecule has 0 aliphatic carbocycles. The summed E-state index contributed by atoms with van der Waals surface area (Å²) in [7, 11) is 1.39. The van der Waals surface area contributed by atoms with Crippen LogP contribution in [-0.4, -0.2) is 50.0 Å². The highest BCUT2D eigenvalue weighted by Gasteiger charge is 2.09. The van der Waals surface area contributed by atoms with Crippen LogP contribution < -0.4 is 4.74 Å². The fourth-order valence-corrected chi connectivity index (χ4v) is 1.95. The molecule has 0 spiro atoms. The van der Waals surface area contributed by atoms with Crippen molar-refractivity contribution in [3.63, 3.8) is 0 Å². The van der Waals surface area contributed by atoms with Gasteiger partial charge >= 0.3 is 5.97 Å². The molecule has 0 bridgehead atoms. The zero-order valence-electron chi connectivity index (χ0n) is 12.9. The Bertz CT molecular complexity index is 473. The first-order chi connectivity index (χ1) is 10.1. The van der Waals surface area contributed by atoms with Crippen molar-refractivity contribution >= 4 is 11.8 Å². The van der Waals surface area contributed by atoms with Crippen molar-refractivity contribution in [3.8, 4) is 5.75 Å². The minimum atomic E-state index is -0.212. The van der Waals surface area contributed by atoms with Gasteiger partial charge in [-0.15, -0.1) is 0 Å². The number of likely N-dealkylation sites (N-methyl/N-ethyl adjacent to an activating group) is 1. The van der Waals surface area contributed by atoms with E-state index >= 15 is 0 Å². The molecule has 1 aromatic carbocycles. The molecule has 0 fully saturated rings. The molecule has 5 heteroatoms. The molecule has 0 amide bonds. The van der Waals surface area contributed by atoms with Crippen molar-refractivity contribution in [2.45, 2.75) is 20.3 Å². The van der Waals surface area contributed by atoms with Gasteiger partial charge in [-0.05, 0) is 25.6 Å². The quantitative estimate of drug-likeness (QED) is 0.516. The molecule has 116 valence electrons. The molecular weight excluding hydrogens is 270 g/mol. The van der Waals surface area contributed by atoms with Crippen molar-refractivity contribution in [1.29, 1.82) is 0 Å². The Kier molecular flexibility index (Phi) is 7.46. The van der Waals surface area contributed by atoms with Gasteiger partial charge in [0.25, 0.3) is 0 Å². The molecule has 0 saturated heterocycles. The van der Waals surface area contributed by atoms with Crippen LogP contribution in [0.1, 0.15) is 30.6 Å². The number of hydrogen-bond donors (Lipinski definition) is 0. The summed E-state index contributed by atoms with van der Waals surface area (Å²) in [6.07, 6.45) is 0.369. The Hall–Kier alpha value is -1.88. The van der Waals surface area contributed by atoms with E-state index in [2.05, 4.69) is 9.64 Å². The first-order valence-electron chi connectivity index (χ1n) is 7.10. The monoisotopic (exact) mass is 293 g/mol. The maximum Gasteiger partial charge on any atom is 0.306 e. The van der Waals surface area contributed by atoms with Crippen LogP contribution in [0.15, 0.2) is 24.3 Å². The van der Waals surface area contributed by atoms with E-state index < -0.39 is 0 Å². The predicted octanol–water partition coefficient (Wildman–Crippen LogP) is 2.15. The molecule has 0 saturated carbocycles. The topological polar surface area (TPSA) is 55.8 Å². The lowest BCUT2D eigenvalue weighted by atomic mass is 10.1. The first-order valence-corrected chi connectivity index (χ1v) is 7.10. The summed E-state index contributed by atoms with van der Waals surface area (Å²) in [5.41, 5.74) is 0.593. The van der Waals surface area contributed by atoms with Gasteiger partial charge in [-0.2, -0.15) is 0 Å². The average Bonchev–Trinajstić information content (AvgIpc) is 2.50. The summed E-state index contributed by atoms with van der Waals surface area (Å²) in [5.74, 6) is 0.383. The highest BCUT2D eigenvalue weighted by atomic mass is 16.5. The van der Waals surface area contributed by atoms with Gasteiger partial charge in [-0.1, -0.05) is 19.1 Å². The number of carbonyl (C=O) groups is 2. The molecule has 0 radical (unpaired) electrons. The number of nitrogens with zero attached hydrogens (tertiary/aromatic N) is 1. The molecule has 0 heterocycles. The number of ketones is 1. The van der Waals surface area contributed by atoms with Crippen LogP contribution in [-0.2, 0) is 9.53 Å². The van der Waals surface area contributed by atoms with Crippen molar-refractivity contribution < 1.29 is 19.1 Å². The molecule has 5 nitrogen and oxygen atoms in total. The molecule has 0 unspecified atom stereocenters. The first kappa shape index (κ1) is 17.2. The van der Waals surface area contributed by atoms with E-state index in [0.717, 1.165) is 6.54 Å². The standard InChI is InChI=1S/C16H23NO4/c1-4-17(10-9-16(19)20-3)11-12-21-15-8-6-5-7-14(15)13(2)18/h5-8H,4,9-12H2,1-3H3. The molecule has 0 aliphatic rings. The SMILES string of the molecule is CCN(CCOc1ccccc1C(C)=O)CCC(=O)OC. The van der Waals surface area contributed by atoms with E-state index in [1.807, 2.05) is 19.1 Å². The van der Waals surface area contributed by atoms with Crippen LogP contribution in [0.5, 0.6) is 5.75 Å². The second-order valence-electron chi connectivity index (χ2n) is 4.66. The second-order valence-corrected chi connectivity index (χ2v) is 4.66. The van der Waals surface area contributed by atoms with Gasteiger partial charge in [0.05, 0.1) is 19.1 Å². The predicted molar refractivity (Wildman–Crippen MR) is 80.7 cm³/mol. The summed E-state index contributed by atoms with van der Waals surface area (Å²) in [6, 6.07) is 7.21. The second kappa shape index (κ2) is 9.13. The van der Waals surface area contributed by atoms with E-state index in [1.165, 1.54) is 14.0 Å². The normalized spacial score (nSPS) is 10.5. The van der Waals surface area contributed by atoms with Gasteiger partial charge < -0.3 is 9.47 Å². The number of para-hydroxylation sites is 1. The number of rotatable bonds is 9. The summed E-state index contributed by atoms with van der Waals surface area (Å²) in [5, 5.41) is 0. The van der Waals surface area contributed by atoms with Crippen molar-refractivity contribution in [2.75, 3.05) is 33.4 Å². The Morgan fingerprint density at radius 2 is 1.90 bits per heavy atom. The minimum Gasteiger partial charge on any atom is -0.491 e. The lowest BCUT2D eigenvalue weighted by Crippen LogP contribution is -2.30. The van der Waals surface area contributed by atoms with E-state index in [1.54, 1.807) is 12.1 Å². The Balaban J connectivity index is 2.44. The number of carbonyl (C=O) groups excluding carboxylic acids is 2. The molecule has 1 aromatic rings. The van der Waals surface area contributed by atoms with E-state index in [0.29, 0.717) is 37.4 Å². The van der Waals surface area contributed by atoms with Crippen LogP contribution in [0.3, 0.4) is 0 Å². The Morgan fingerprint density at radius 3 is 2.52 bits per heavy atom. The molecule has 0 atom stereocenters. The average molecular weight is 293 g/mol. The molecule has 0 aliphatic heterocycles. The minimum absolute atomic E-state index is 0.0105. The van der Waals surface area contributed by atoms with Gasteiger partial charge in [0.2, 0.25) is 0 Å². The molecule has 0 aromatic heterocycles. The van der Waals surface area contributed by atoms with Crippen LogP contribution in [0.4, 0.5) is 0 Å². The molecule has 1 rings (SSSR count). The smallest absolute Gasteiger partial charge is 0.306 e. The number of benzene rings is 1. The molecular formula is C16H23NO4. The van der Waals surface area contributed by atoms with Crippen molar-refractivity contribution in [2.24, 2.45) is 0 Å². The van der Waals surface area contributed by atoms with Gasteiger partial charge in [0, 0.05) is 13.1 Å². The lowest BCUT2D eigenvalue weighted by molar-refractivity contribution is -0.141. The number of esters is 1. The highest BCUT2D eigenvalue weighted by Crippen LogP contribution is 2.18. The summed E-state index contributed by atoms with van der Waals surface area (Å²) in [4.78, 5) is 24.7. The van der Waals surface area contributed by atoms with Gasteiger partial charge in [-0.3, -0.25) is 14.5 Å². The van der Waals surface area contributed by atoms with Crippen LogP contribution in [0, 0.1) is 0 Å². The largest absolute Gasteiger partial charge is 0.491 e. The van der Waals surface area contributed by atoms with E-state index in [-0.39, 0.29) is 11.8 Å². The third-order valence-corrected chi connectivity index (χ3v) is 3.24. The summed E-state index contributed by atoms with van der Waals surface area (Å²) >= 11 is 0. The number of Topliss-reactive ketones (excluding diaryl/α,β-unsaturated/α-hetero) is 1. The zero-order valence-corrected chi connectivity index (χ0v) is 12.9. The van der Waals surface area contributed by atoms with Gasteiger partial charge in [-0.25, -0.2) is 0 Å². The third kappa shape index (κ3) is 5.95. The third-order valence-electron chi connectivity index (χ3n) is 3.24. The Morgan fingerprint density at radius 1 is 1.19 bits per heavy atom. The van der Waals surface area contributed by atoms with Crippen LogP contribution in [0.2, 0.25) is 0 Å². The number of ether oxygens (including phenoxy) is 2. The maximum absolute atomic E-state index is 11.5. The zero-order chi connectivity index (χ0) is 15.7. The van der Waals surface area contributed by atoms with Crippen LogP contribution in [0.25, 0.3) is 0 Å². The number of hydrogen-bond acceptors (Lipinski definition) is 5. The van der Waals surface area contributed by atoms with Gasteiger partial charge in [0.1, 0.15) is 12.4 Å². The fraction of sp³-hybridized carbons (Fsp3) is 0.500. The van der Waals surface area contributed by atoms with Crippen molar-refractivity contribution in [1.82, 2.24) is 4.90 Å². The highest BCUT2D eigenvalue weighted by molar-refractivity contribution is 5.96. The lowest BCUT2D eigenvalue weighted by Gasteiger charge is -2.20. The molecule has 0 N–H and O–H groups in total.